The number of benzene rings is 3. The first-order valence-corrected chi connectivity index (χ1v) is 11.2. The number of unbranched alkanes of at least 4 members (excludes halogenated alkanes) is 2. The molecule has 1 N–H and O–H groups in total. The van der Waals surface area contributed by atoms with E-state index >= 15 is 0 Å². The third-order valence-corrected chi connectivity index (χ3v) is 5.41. The van der Waals surface area contributed by atoms with Gasteiger partial charge in [0.05, 0.1) is 5.56 Å². The molecule has 0 heterocycles. The van der Waals surface area contributed by atoms with Crippen molar-refractivity contribution < 1.29 is 18.2 Å². The average Bonchev–Trinajstić information content (AvgIpc) is 2.79. The van der Waals surface area contributed by atoms with E-state index in [1.54, 1.807) is 0 Å². The van der Waals surface area contributed by atoms with Crippen molar-refractivity contribution in [2.24, 2.45) is 0 Å². The van der Waals surface area contributed by atoms with Crippen LogP contribution in [0.3, 0.4) is 0 Å². The second-order valence-corrected chi connectivity index (χ2v) is 8.19. The molecule has 3 aromatic carbocycles. The van der Waals surface area contributed by atoms with Crippen LogP contribution in [0, 0.1) is 17.0 Å². The molecule has 0 saturated heterocycles. The lowest BCUT2D eigenvalue weighted by Crippen LogP contribution is -3.04. The van der Waals surface area contributed by atoms with Crippen molar-refractivity contribution >= 4 is 0 Å². The molecule has 2 nitrogen and oxygen atoms in total. The van der Waals surface area contributed by atoms with Crippen molar-refractivity contribution in [2.45, 2.75) is 51.9 Å². The summed E-state index contributed by atoms with van der Waals surface area (Å²) in [6.07, 6.45) is 0.403. The molecule has 0 fully saturated rings. The van der Waals surface area contributed by atoms with E-state index in [1.165, 1.54) is 37.0 Å². The SMILES string of the molecule is CCCCCc1ccc(C#Cc2ccc(C[NH+]([O-])Cc3ccc(C(F)(F)F)cc3)cc2)cc1. The van der Waals surface area contributed by atoms with Crippen LogP contribution in [0.15, 0.2) is 72.8 Å². The number of alkyl halides is 3. The number of hydrogen-bond acceptors (Lipinski definition) is 1. The Morgan fingerprint density at radius 2 is 1.15 bits per heavy atom. The third kappa shape index (κ3) is 8.09. The summed E-state index contributed by atoms with van der Waals surface area (Å²) in [5.74, 6) is 6.31. The van der Waals surface area contributed by atoms with Crippen molar-refractivity contribution in [3.63, 3.8) is 0 Å². The van der Waals surface area contributed by atoms with Gasteiger partial charge in [0.1, 0.15) is 13.1 Å². The molecular weight excluding hydrogens is 423 g/mol. The zero-order valence-corrected chi connectivity index (χ0v) is 18.7. The molecule has 0 aliphatic heterocycles. The van der Waals surface area contributed by atoms with Crippen molar-refractivity contribution in [1.82, 2.24) is 0 Å². The van der Waals surface area contributed by atoms with E-state index in [-0.39, 0.29) is 18.2 Å². The molecule has 0 spiro atoms. The van der Waals surface area contributed by atoms with E-state index < -0.39 is 11.7 Å². The molecule has 0 bridgehead atoms. The first-order valence-electron chi connectivity index (χ1n) is 11.2. The van der Waals surface area contributed by atoms with E-state index in [4.69, 9.17) is 0 Å². The van der Waals surface area contributed by atoms with Crippen LogP contribution >= 0.6 is 0 Å². The normalized spacial score (nSPS) is 12.2. The minimum atomic E-state index is -4.37. The maximum absolute atomic E-state index is 12.6. The smallest absolute Gasteiger partial charge is 0.416 e. The summed E-state index contributed by atoms with van der Waals surface area (Å²) in [6, 6.07) is 20.6. The molecule has 0 aromatic heterocycles. The zero-order valence-electron chi connectivity index (χ0n) is 18.7. The maximum atomic E-state index is 12.6. The highest BCUT2D eigenvalue weighted by atomic mass is 19.4. The van der Waals surface area contributed by atoms with Gasteiger partial charge in [0.2, 0.25) is 0 Å². The number of hydroxylamine groups is 2. The first kappa shape index (κ1) is 24.6. The first-order chi connectivity index (χ1) is 15.8. The Hall–Kier alpha value is -3.07. The fourth-order valence-corrected chi connectivity index (χ4v) is 3.51. The lowest BCUT2D eigenvalue weighted by Gasteiger charge is -2.22. The van der Waals surface area contributed by atoms with Gasteiger partial charge >= 0.3 is 6.18 Å². The summed E-state index contributed by atoms with van der Waals surface area (Å²) in [5, 5.41) is 12.3. The molecule has 0 saturated carbocycles. The molecule has 172 valence electrons. The minimum absolute atomic E-state index is 0.0485. The number of rotatable bonds is 8. The number of aryl methyl sites for hydroxylation is 1. The average molecular weight is 452 g/mol. The van der Waals surface area contributed by atoms with Gasteiger partial charge in [-0.25, -0.2) is 0 Å². The lowest BCUT2D eigenvalue weighted by atomic mass is 10.1. The van der Waals surface area contributed by atoms with Crippen molar-refractivity contribution in [3.05, 3.63) is 111 Å². The number of hydrogen-bond donors (Lipinski definition) is 1. The van der Waals surface area contributed by atoms with Gasteiger partial charge in [-0.05, 0) is 54.8 Å². The Labute approximate surface area is 193 Å². The Balaban J connectivity index is 1.52. The van der Waals surface area contributed by atoms with Crippen LogP contribution in [0.1, 0.15) is 59.6 Å². The zero-order chi connectivity index (χ0) is 23.7. The fourth-order valence-electron chi connectivity index (χ4n) is 3.51. The molecule has 1 atom stereocenters. The summed E-state index contributed by atoms with van der Waals surface area (Å²) in [4.78, 5) is 0. The van der Waals surface area contributed by atoms with E-state index in [0.29, 0.717) is 5.56 Å². The van der Waals surface area contributed by atoms with Gasteiger partial charge in [0.15, 0.2) is 0 Å². The monoisotopic (exact) mass is 451 g/mol. The summed E-state index contributed by atoms with van der Waals surface area (Å²) in [6.45, 7) is 2.54. The van der Waals surface area contributed by atoms with Crippen LogP contribution in [0.2, 0.25) is 0 Å². The van der Waals surface area contributed by atoms with Crippen molar-refractivity contribution in [1.29, 1.82) is 0 Å². The largest absolute Gasteiger partial charge is 0.634 e. The quantitative estimate of drug-likeness (QED) is 0.257. The topological polar surface area (TPSA) is 27.5 Å². The minimum Gasteiger partial charge on any atom is -0.634 e. The van der Waals surface area contributed by atoms with Crippen LogP contribution < -0.4 is 5.06 Å². The second kappa shape index (κ2) is 11.7. The van der Waals surface area contributed by atoms with Gasteiger partial charge in [0.25, 0.3) is 0 Å². The molecule has 0 amide bonds. The Bertz CT molecular complexity index is 1060. The van der Waals surface area contributed by atoms with Gasteiger partial charge in [-0.1, -0.05) is 68.0 Å². The van der Waals surface area contributed by atoms with Gasteiger partial charge in [-0.3, -0.25) is 0 Å². The highest BCUT2D eigenvalue weighted by Gasteiger charge is 2.29. The summed E-state index contributed by atoms with van der Waals surface area (Å²) in [7, 11) is 0. The molecule has 3 aromatic rings. The highest BCUT2D eigenvalue weighted by Crippen LogP contribution is 2.28. The molecular formula is C28H28F3NO. The van der Waals surface area contributed by atoms with Crippen LogP contribution in [-0.2, 0) is 25.7 Å². The number of nitrogens with one attached hydrogen (secondary N) is 1. The number of halogens is 3. The van der Waals surface area contributed by atoms with E-state index in [1.807, 2.05) is 36.4 Å². The summed E-state index contributed by atoms with van der Waals surface area (Å²) >= 11 is 0. The van der Waals surface area contributed by atoms with Crippen LogP contribution in [0.5, 0.6) is 0 Å². The van der Waals surface area contributed by atoms with Gasteiger partial charge < -0.3 is 10.3 Å². The van der Waals surface area contributed by atoms with Crippen LogP contribution in [-0.4, -0.2) is 0 Å². The van der Waals surface area contributed by atoms with E-state index in [0.717, 1.165) is 35.2 Å². The predicted octanol–water partition coefficient (Wildman–Crippen LogP) is 5.92. The standard InChI is InChI=1S/C28H28F3NO/c1-2-3-4-5-22-6-8-23(9-7-22)10-11-24-12-14-25(15-13-24)20-32(33)21-26-16-18-27(19-17-26)28(29,30)31/h6-9,12-19,32H,2-5,20-21H2,1H3. The van der Waals surface area contributed by atoms with Crippen molar-refractivity contribution in [3.8, 4) is 11.8 Å². The molecule has 0 aliphatic carbocycles. The van der Waals surface area contributed by atoms with Crippen LogP contribution in [0.4, 0.5) is 13.2 Å². The maximum Gasteiger partial charge on any atom is 0.416 e. The molecule has 33 heavy (non-hydrogen) atoms. The van der Waals surface area contributed by atoms with Gasteiger partial charge in [-0.15, -0.1) is 0 Å². The molecule has 0 aliphatic rings. The second-order valence-electron chi connectivity index (χ2n) is 8.19. The van der Waals surface area contributed by atoms with Gasteiger partial charge in [0, 0.05) is 22.3 Å². The van der Waals surface area contributed by atoms with E-state index in [2.05, 4.69) is 30.9 Å². The molecule has 1 unspecified atom stereocenters. The van der Waals surface area contributed by atoms with E-state index in [9.17, 15) is 18.4 Å². The Morgan fingerprint density at radius 3 is 1.61 bits per heavy atom. The molecule has 3 rings (SSSR count). The van der Waals surface area contributed by atoms with Gasteiger partial charge in [-0.2, -0.15) is 13.2 Å². The summed E-state index contributed by atoms with van der Waals surface area (Å²) < 4.78 is 37.9. The fraction of sp³-hybridized carbons (Fsp3) is 0.286. The predicted molar refractivity (Wildman–Crippen MR) is 125 cm³/mol. The molecule has 5 heteroatoms. The molecule has 0 radical (unpaired) electrons. The number of quaternary nitrogens is 1. The Morgan fingerprint density at radius 1 is 0.697 bits per heavy atom. The highest BCUT2D eigenvalue weighted by molar-refractivity contribution is 5.44. The third-order valence-electron chi connectivity index (χ3n) is 5.41. The Kier molecular flexibility index (Phi) is 8.71. The van der Waals surface area contributed by atoms with Crippen LogP contribution in [0.25, 0.3) is 0 Å². The lowest BCUT2D eigenvalue weighted by molar-refractivity contribution is -0.876. The summed E-state index contributed by atoms with van der Waals surface area (Å²) in [5.41, 5.74) is 3.88. The van der Waals surface area contributed by atoms with Crippen molar-refractivity contribution in [2.75, 3.05) is 0 Å².